The van der Waals surface area contributed by atoms with Crippen LogP contribution in [0.5, 0.6) is 0 Å². The molecule has 0 radical (unpaired) electrons. The van der Waals surface area contributed by atoms with Crippen molar-refractivity contribution in [3.05, 3.63) is 58.8 Å². The van der Waals surface area contributed by atoms with Crippen molar-refractivity contribution in [1.82, 2.24) is 20.4 Å². The minimum atomic E-state index is 0.0335. The summed E-state index contributed by atoms with van der Waals surface area (Å²) in [6.45, 7) is 2.69. The number of nitrogens with one attached hydrogen (secondary N) is 1. The number of carbonyl (C=O) groups is 1. The Labute approximate surface area is 171 Å². The van der Waals surface area contributed by atoms with Crippen LogP contribution in [-0.4, -0.2) is 34.0 Å². The molecule has 0 unspecified atom stereocenters. The van der Waals surface area contributed by atoms with E-state index < -0.39 is 0 Å². The molecule has 3 heterocycles. The number of hydrogen-bond acceptors (Lipinski definition) is 6. The maximum atomic E-state index is 12.3. The van der Waals surface area contributed by atoms with Crippen LogP contribution in [0.1, 0.15) is 24.5 Å². The second kappa shape index (κ2) is 8.70. The molecule has 0 bridgehead atoms. The van der Waals surface area contributed by atoms with Gasteiger partial charge in [0.2, 0.25) is 17.6 Å². The Morgan fingerprint density at radius 3 is 2.86 bits per heavy atom. The number of halogens is 1. The SMILES string of the molecule is O=C(NCc1ccco1)C1CCN(Cc2nc(-c3cccc(Br)c3)no2)CC1. The van der Waals surface area contributed by atoms with Gasteiger partial charge in [0, 0.05) is 16.0 Å². The largest absolute Gasteiger partial charge is 0.467 e. The zero-order valence-electron chi connectivity index (χ0n) is 15.3. The van der Waals surface area contributed by atoms with Gasteiger partial charge in [-0.3, -0.25) is 9.69 Å². The number of amides is 1. The summed E-state index contributed by atoms with van der Waals surface area (Å²) >= 11 is 3.45. The summed E-state index contributed by atoms with van der Waals surface area (Å²) in [5, 5.41) is 7.03. The van der Waals surface area contributed by atoms with Crippen LogP contribution in [0.4, 0.5) is 0 Å². The number of carbonyl (C=O) groups excluding carboxylic acids is 1. The highest BCUT2D eigenvalue weighted by Crippen LogP contribution is 2.22. The number of benzene rings is 1. The molecule has 1 aliphatic heterocycles. The number of rotatable bonds is 6. The van der Waals surface area contributed by atoms with Crippen LogP contribution in [0.3, 0.4) is 0 Å². The van der Waals surface area contributed by atoms with E-state index in [1.54, 1.807) is 6.26 Å². The number of likely N-dealkylation sites (tertiary alicyclic amines) is 1. The predicted octanol–water partition coefficient (Wildman–Crippen LogP) is 3.62. The second-order valence-electron chi connectivity index (χ2n) is 6.87. The third-order valence-corrected chi connectivity index (χ3v) is 5.38. The zero-order valence-corrected chi connectivity index (χ0v) is 16.9. The van der Waals surface area contributed by atoms with E-state index >= 15 is 0 Å². The van der Waals surface area contributed by atoms with Crippen molar-refractivity contribution in [2.45, 2.75) is 25.9 Å². The third-order valence-electron chi connectivity index (χ3n) is 4.89. The lowest BCUT2D eigenvalue weighted by atomic mass is 9.96. The highest BCUT2D eigenvalue weighted by atomic mass is 79.9. The van der Waals surface area contributed by atoms with Gasteiger partial charge in [-0.05, 0) is 50.2 Å². The number of piperidine rings is 1. The summed E-state index contributed by atoms with van der Waals surface area (Å²) in [4.78, 5) is 19.1. The van der Waals surface area contributed by atoms with Crippen molar-refractivity contribution < 1.29 is 13.7 Å². The summed E-state index contributed by atoms with van der Waals surface area (Å²) in [6.07, 6.45) is 3.24. The van der Waals surface area contributed by atoms with Gasteiger partial charge in [-0.2, -0.15) is 4.98 Å². The molecule has 1 N–H and O–H groups in total. The summed E-state index contributed by atoms with van der Waals surface area (Å²) in [6, 6.07) is 11.5. The highest BCUT2D eigenvalue weighted by Gasteiger charge is 2.26. The monoisotopic (exact) mass is 444 g/mol. The quantitative estimate of drug-likeness (QED) is 0.624. The molecular formula is C20H21BrN4O3. The lowest BCUT2D eigenvalue weighted by Gasteiger charge is -2.30. The molecule has 28 heavy (non-hydrogen) atoms. The van der Waals surface area contributed by atoms with Crippen LogP contribution >= 0.6 is 15.9 Å². The first-order valence-electron chi connectivity index (χ1n) is 9.28. The normalized spacial score (nSPS) is 15.6. The van der Waals surface area contributed by atoms with E-state index in [2.05, 4.69) is 36.3 Å². The number of nitrogens with zero attached hydrogens (tertiary/aromatic N) is 3. The molecule has 1 aromatic carbocycles. The van der Waals surface area contributed by atoms with E-state index in [1.807, 2.05) is 36.4 Å². The highest BCUT2D eigenvalue weighted by molar-refractivity contribution is 9.10. The summed E-state index contributed by atoms with van der Waals surface area (Å²) in [5.74, 6) is 2.07. The van der Waals surface area contributed by atoms with Crippen LogP contribution in [0.25, 0.3) is 11.4 Å². The molecule has 3 aromatic rings. The molecule has 1 fully saturated rings. The van der Waals surface area contributed by atoms with Gasteiger partial charge in [0.25, 0.3) is 0 Å². The van der Waals surface area contributed by atoms with Crippen molar-refractivity contribution in [2.75, 3.05) is 13.1 Å². The molecule has 0 spiro atoms. The van der Waals surface area contributed by atoms with Gasteiger partial charge < -0.3 is 14.3 Å². The Kier molecular flexibility index (Phi) is 5.87. The van der Waals surface area contributed by atoms with E-state index in [0.29, 0.717) is 24.8 Å². The first-order chi connectivity index (χ1) is 13.7. The van der Waals surface area contributed by atoms with Crippen LogP contribution in [0, 0.1) is 5.92 Å². The minimum absolute atomic E-state index is 0.0335. The van der Waals surface area contributed by atoms with E-state index in [4.69, 9.17) is 8.94 Å². The maximum absolute atomic E-state index is 12.3. The van der Waals surface area contributed by atoms with Gasteiger partial charge in [-0.15, -0.1) is 0 Å². The summed E-state index contributed by atoms with van der Waals surface area (Å²) in [5.41, 5.74) is 0.913. The summed E-state index contributed by atoms with van der Waals surface area (Å²) < 4.78 is 11.6. The molecule has 8 heteroatoms. The average molecular weight is 445 g/mol. The number of hydrogen-bond donors (Lipinski definition) is 1. The fourth-order valence-corrected chi connectivity index (χ4v) is 3.74. The topological polar surface area (TPSA) is 84.4 Å². The van der Waals surface area contributed by atoms with Gasteiger partial charge >= 0.3 is 0 Å². The maximum Gasteiger partial charge on any atom is 0.241 e. The van der Waals surface area contributed by atoms with Gasteiger partial charge in [0.1, 0.15) is 5.76 Å². The lowest BCUT2D eigenvalue weighted by Crippen LogP contribution is -2.40. The first kappa shape index (κ1) is 18.9. The average Bonchev–Trinajstić information content (AvgIpc) is 3.39. The van der Waals surface area contributed by atoms with Crippen LogP contribution < -0.4 is 5.32 Å². The van der Waals surface area contributed by atoms with Crippen LogP contribution in [0.15, 0.2) is 56.1 Å². The van der Waals surface area contributed by atoms with Crippen molar-refractivity contribution in [3.8, 4) is 11.4 Å². The number of aromatic nitrogens is 2. The summed E-state index contributed by atoms with van der Waals surface area (Å²) in [7, 11) is 0. The second-order valence-corrected chi connectivity index (χ2v) is 7.79. The van der Waals surface area contributed by atoms with E-state index in [0.717, 1.165) is 41.7 Å². The Morgan fingerprint density at radius 1 is 1.25 bits per heavy atom. The fraction of sp³-hybridized carbons (Fsp3) is 0.350. The Morgan fingerprint density at radius 2 is 2.11 bits per heavy atom. The van der Waals surface area contributed by atoms with Crippen molar-refractivity contribution >= 4 is 21.8 Å². The van der Waals surface area contributed by atoms with Gasteiger partial charge in [-0.25, -0.2) is 0 Å². The lowest BCUT2D eigenvalue weighted by molar-refractivity contribution is -0.126. The van der Waals surface area contributed by atoms with Gasteiger partial charge in [-0.1, -0.05) is 33.2 Å². The molecule has 0 aliphatic carbocycles. The minimum Gasteiger partial charge on any atom is -0.467 e. The molecule has 1 saturated heterocycles. The van der Waals surface area contributed by atoms with Crippen LogP contribution in [-0.2, 0) is 17.9 Å². The van der Waals surface area contributed by atoms with Gasteiger partial charge in [0.05, 0.1) is 19.4 Å². The zero-order chi connectivity index (χ0) is 19.3. The van der Waals surface area contributed by atoms with Crippen molar-refractivity contribution in [2.24, 2.45) is 5.92 Å². The molecule has 2 aromatic heterocycles. The Bertz CT molecular complexity index is 917. The Balaban J connectivity index is 1.26. The predicted molar refractivity (Wildman–Crippen MR) is 106 cm³/mol. The fourth-order valence-electron chi connectivity index (χ4n) is 3.34. The van der Waals surface area contributed by atoms with Crippen molar-refractivity contribution in [1.29, 1.82) is 0 Å². The Hall–Kier alpha value is -2.45. The first-order valence-corrected chi connectivity index (χ1v) is 10.1. The molecule has 146 valence electrons. The molecule has 1 amide bonds. The molecule has 0 atom stereocenters. The molecule has 0 saturated carbocycles. The van der Waals surface area contributed by atoms with E-state index in [9.17, 15) is 4.79 Å². The molecule has 4 rings (SSSR count). The van der Waals surface area contributed by atoms with Crippen LogP contribution in [0.2, 0.25) is 0 Å². The molecular weight excluding hydrogens is 424 g/mol. The smallest absolute Gasteiger partial charge is 0.241 e. The van der Waals surface area contributed by atoms with Crippen molar-refractivity contribution in [3.63, 3.8) is 0 Å². The van der Waals surface area contributed by atoms with E-state index in [-0.39, 0.29) is 11.8 Å². The molecule has 1 aliphatic rings. The standard InChI is InChI=1S/C20H21BrN4O3/c21-16-4-1-3-15(11-16)19-23-18(28-24-19)13-25-8-6-14(7-9-25)20(26)22-12-17-5-2-10-27-17/h1-5,10-11,14H,6-9,12-13H2,(H,22,26). The molecule has 7 nitrogen and oxygen atoms in total. The third kappa shape index (κ3) is 4.69. The van der Waals surface area contributed by atoms with E-state index in [1.165, 1.54) is 0 Å². The number of furan rings is 1. The van der Waals surface area contributed by atoms with Gasteiger partial charge in [0.15, 0.2) is 0 Å².